The van der Waals surface area contributed by atoms with Gasteiger partial charge in [0, 0.05) is 43.3 Å². The molecule has 1 aliphatic heterocycles. The van der Waals surface area contributed by atoms with E-state index >= 15 is 0 Å². The van der Waals surface area contributed by atoms with Gasteiger partial charge in [-0.1, -0.05) is 6.07 Å². The number of hydrogen-bond acceptors (Lipinski definition) is 7. The molecule has 25 heavy (non-hydrogen) atoms. The SMILES string of the molecule is CCN(c1cc(C)nc(NCc2cccnc2)n1)C1CCS(=O)(=O)C1. The number of aryl methyl sites for hydroxylation is 1. The first-order chi connectivity index (χ1) is 12.0. The molecule has 8 heteroatoms. The number of pyridine rings is 1. The number of nitrogens with one attached hydrogen (secondary N) is 1. The monoisotopic (exact) mass is 361 g/mol. The van der Waals surface area contributed by atoms with Gasteiger partial charge in [0.05, 0.1) is 11.5 Å². The maximum absolute atomic E-state index is 11.8. The average Bonchev–Trinajstić information content (AvgIpc) is 2.94. The van der Waals surface area contributed by atoms with Crippen LogP contribution in [0.5, 0.6) is 0 Å². The van der Waals surface area contributed by atoms with Gasteiger partial charge in [0.1, 0.15) is 5.82 Å². The lowest BCUT2D eigenvalue weighted by atomic mass is 10.2. The van der Waals surface area contributed by atoms with E-state index in [-0.39, 0.29) is 17.5 Å². The second-order valence-electron chi connectivity index (χ2n) is 6.25. The van der Waals surface area contributed by atoms with Gasteiger partial charge in [0.15, 0.2) is 9.84 Å². The first-order valence-electron chi connectivity index (χ1n) is 8.42. The van der Waals surface area contributed by atoms with Crippen LogP contribution < -0.4 is 10.2 Å². The predicted octanol–water partition coefficient (Wildman–Crippen LogP) is 1.81. The van der Waals surface area contributed by atoms with Gasteiger partial charge in [0.2, 0.25) is 5.95 Å². The van der Waals surface area contributed by atoms with Gasteiger partial charge in [-0.25, -0.2) is 13.4 Å². The van der Waals surface area contributed by atoms with E-state index < -0.39 is 9.84 Å². The molecule has 3 heterocycles. The summed E-state index contributed by atoms with van der Waals surface area (Å²) in [5.41, 5.74) is 1.89. The molecular formula is C17H23N5O2S. The van der Waals surface area contributed by atoms with E-state index in [4.69, 9.17) is 0 Å². The number of sulfone groups is 1. The van der Waals surface area contributed by atoms with Crippen LogP contribution >= 0.6 is 0 Å². The Labute approximate surface area is 148 Å². The van der Waals surface area contributed by atoms with Gasteiger partial charge in [0.25, 0.3) is 0 Å². The molecule has 0 radical (unpaired) electrons. The highest BCUT2D eigenvalue weighted by atomic mass is 32.2. The maximum atomic E-state index is 11.8. The van der Waals surface area contributed by atoms with Crippen LogP contribution in [-0.4, -0.2) is 47.5 Å². The van der Waals surface area contributed by atoms with E-state index in [2.05, 4.69) is 25.2 Å². The van der Waals surface area contributed by atoms with E-state index in [0.29, 0.717) is 25.5 Å². The van der Waals surface area contributed by atoms with Crippen LogP contribution in [0.2, 0.25) is 0 Å². The third kappa shape index (κ3) is 4.45. The Morgan fingerprint density at radius 3 is 2.84 bits per heavy atom. The summed E-state index contributed by atoms with van der Waals surface area (Å²) >= 11 is 0. The first kappa shape index (κ1) is 17.6. The minimum atomic E-state index is -2.93. The molecule has 0 bridgehead atoms. The summed E-state index contributed by atoms with van der Waals surface area (Å²) in [6, 6.07) is 5.76. The van der Waals surface area contributed by atoms with Crippen molar-refractivity contribution < 1.29 is 8.42 Å². The molecule has 3 rings (SSSR count). The minimum Gasteiger partial charge on any atom is -0.353 e. The van der Waals surface area contributed by atoms with E-state index in [9.17, 15) is 8.42 Å². The van der Waals surface area contributed by atoms with Crippen molar-refractivity contribution in [3.05, 3.63) is 41.9 Å². The first-order valence-corrected chi connectivity index (χ1v) is 10.2. The minimum absolute atomic E-state index is 0.0181. The molecule has 7 nitrogen and oxygen atoms in total. The van der Waals surface area contributed by atoms with Gasteiger partial charge in [-0.05, 0) is 31.9 Å². The molecule has 134 valence electrons. The molecule has 0 spiro atoms. The van der Waals surface area contributed by atoms with Crippen LogP contribution in [0.15, 0.2) is 30.6 Å². The molecule has 1 aliphatic rings. The summed E-state index contributed by atoms with van der Waals surface area (Å²) in [5.74, 6) is 1.76. The number of anilines is 2. The highest BCUT2D eigenvalue weighted by Gasteiger charge is 2.32. The van der Waals surface area contributed by atoms with Gasteiger partial charge < -0.3 is 10.2 Å². The quantitative estimate of drug-likeness (QED) is 0.839. The van der Waals surface area contributed by atoms with Crippen LogP contribution in [0.1, 0.15) is 24.6 Å². The number of aromatic nitrogens is 3. The largest absolute Gasteiger partial charge is 0.353 e. The zero-order valence-corrected chi connectivity index (χ0v) is 15.3. The Bertz CT molecular complexity index is 826. The number of rotatable bonds is 6. The standard InChI is InChI=1S/C17H23N5O2S/c1-3-22(15-6-8-25(23,24)12-15)16-9-13(2)20-17(21-16)19-11-14-5-4-7-18-10-14/h4-5,7,9-10,15H,3,6,8,11-12H2,1-2H3,(H,19,20,21). The molecule has 0 aromatic carbocycles. The molecule has 1 saturated heterocycles. The molecule has 0 amide bonds. The Morgan fingerprint density at radius 2 is 2.20 bits per heavy atom. The van der Waals surface area contributed by atoms with Crippen LogP contribution in [0.3, 0.4) is 0 Å². The smallest absolute Gasteiger partial charge is 0.225 e. The summed E-state index contributed by atoms with van der Waals surface area (Å²) < 4.78 is 23.6. The van der Waals surface area contributed by atoms with Crippen molar-refractivity contribution in [3.8, 4) is 0 Å². The predicted molar refractivity (Wildman–Crippen MR) is 98.4 cm³/mol. The van der Waals surface area contributed by atoms with Gasteiger partial charge >= 0.3 is 0 Å². The molecule has 1 N–H and O–H groups in total. The zero-order chi connectivity index (χ0) is 17.9. The Balaban J connectivity index is 1.78. The van der Waals surface area contributed by atoms with Crippen molar-refractivity contribution in [1.29, 1.82) is 0 Å². The summed E-state index contributed by atoms with van der Waals surface area (Å²) in [5, 5.41) is 3.22. The van der Waals surface area contributed by atoms with Crippen LogP contribution in [0, 0.1) is 6.92 Å². The van der Waals surface area contributed by atoms with Crippen molar-refractivity contribution in [2.24, 2.45) is 0 Å². The fraction of sp³-hybridized carbons (Fsp3) is 0.471. The van der Waals surface area contributed by atoms with Crippen LogP contribution in [-0.2, 0) is 16.4 Å². The Morgan fingerprint density at radius 1 is 1.36 bits per heavy atom. The Hall–Kier alpha value is -2.22. The highest BCUT2D eigenvalue weighted by Crippen LogP contribution is 2.24. The van der Waals surface area contributed by atoms with E-state index in [0.717, 1.165) is 17.1 Å². The Kier molecular flexibility index (Phi) is 5.17. The molecule has 1 unspecified atom stereocenters. The van der Waals surface area contributed by atoms with Crippen LogP contribution in [0.4, 0.5) is 11.8 Å². The lowest BCUT2D eigenvalue weighted by Crippen LogP contribution is -2.37. The molecule has 0 aliphatic carbocycles. The van der Waals surface area contributed by atoms with Crippen molar-refractivity contribution in [3.63, 3.8) is 0 Å². The third-order valence-corrected chi connectivity index (χ3v) is 6.05. The lowest BCUT2D eigenvalue weighted by Gasteiger charge is -2.28. The summed E-state index contributed by atoms with van der Waals surface area (Å²) in [6.45, 7) is 5.23. The van der Waals surface area contributed by atoms with Gasteiger partial charge in [-0.3, -0.25) is 4.98 Å². The van der Waals surface area contributed by atoms with E-state index in [1.54, 1.807) is 12.4 Å². The van der Waals surface area contributed by atoms with Gasteiger partial charge in [-0.2, -0.15) is 4.98 Å². The summed E-state index contributed by atoms with van der Waals surface area (Å²) in [6.07, 6.45) is 4.18. The maximum Gasteiger partial charge on any atom is 0.225 e. The third-order valence-electron chi connectivity index (χ3n) is 4.30. The molecule has 2 aromatic rings. The van der Waals surface area contributed by atoms with E-state index in [1.807, 2.05) is 32.0 Å². The van der Waals surface area contributed by atoms with Crippen LogP contribution in [0.25, 0.3) is 0 Å². The van der Waals surface area contributed by atoms with Crippen molar-refractivity contribution in [2.45, 2.75) is 32.9 Å². The summed E-state index contributed by atoms with van der Waals surface area (Å²) in [4.78, 5) is 15.2. The van der Waals surface area contributed by atoms with Crippen molar-refractivity contribution >= 4 is 21.6 Å². The molecule has 1 fully saturated rings. The molecule has 2 aromatic heterocycles. The number of hydrogen-bond donors (Lipinski definition) is 1. The van der Waals surface area contributed by atoms with Crippen molar-refractivity contribution in [2.75, 3.05) is 28.3 Å². The zero-order valence-electron chi connectivity index (χ0n) is 14.5. The normalized spacial score (nSPS) is 18.9. The molecule has 1 atom stereocenters. The van der Waals surface area contributed by atoms with Gasteiger partial charge in [-0.15, -0.1) is 0 Å². The molecular weight excluding hydrogens is 338 g/mol. The van der Waals surface area contributed by atoms with E-state index in [1.165, 1.54) is 0 Å². The van der Waals surface area contributed by atoms with Crippen molar-refractivity contribution in [1.82, 2.24) is 15.0 Å². The lowest BCUT2D eigenvalue weighted by molar-refractivity contribution is 0.599. The fourth-order valence-corrected chi connectivity index (χ4v) is 4.82. The molecule has 0 saturated carbocycles. The number of nitrogens with zero attached hydrogens (tertiary/aromatic N) is 4. The second kappa shape index (κ2) is 7.35. The fourth-order valence-electron chi connectivity index (χ4n) is 3.09. The topological polar surface area (TPSA) is 88.1 Å². The highest BCUT2D eigenvalue weighted by molar-refractivity contribution is 7.91. The average molecular weight is 361 g/mol. The second-order valence-corrected chi connectivity index (χ2v) is 8.48. The summed E-state index contributed by atoms with van der Waals surface area (Å²) in [7, 11) is -2.93.